The van der Waals surface area contributed by atoms with Crippen LogP contribution in [0.5, 0.6) is 5.75 Å². The molecule has 0 saturated heterocycles. The average Bonchev–Trinajstić information content (AvgIpc) is 2.45. The van der Waals surface area contributed by atoms with Crippen LogP contribution in [0.3, 0.4) is 0 Å². The molecule has 2 N–H and O–H groups in total. The summed E-state index contributed by atoms with van der Waals surface area (Å²) in [7, 11) is 0. The standard InChI is InChI=1S/C15H13F4NO/c16-13-4-2-1-3-10(13)9-21-14-6-5-12(15(17,18)19)7-11(14)8-20/h1-7H,8-9,20H2. The van der Waals surface area contributed by atoms with Gasteiger partial charge in [-0.1, -0.05) is 18.2 Å². The van der Waals surface area contributed by atoms with E-state index < -0.39 is 17.6 Å². The number of nitrogens with two attached hydrogens (primary N) is 1. The molecule has 6 heteroatoms. The van der Waals surface area contributed by atoms with Crippen LogP contribution in [-0.4, -0.2) is 0 Å². The number of hydrogen-bond donors (Lipinski definition) is 1. The summed E-state index contributed by atoms with van der Waals surface area (Å²) in [5, 5.41) is 0. The fourth-order valence-corrected chi connectivity index (χ4v) is 1.83. The molecule has 0 heterocycles. The van der Waals surface area contributed by atoms with Crippen LogP contribution < -0.4 is 10.5 Å². The summed E-state index contributed by atoms with van der Waals surface area (Å²) in [5.41, 5.74) is 5.19. The highest BCUT2D eigenvalue weighted by molar-refractivity contribution is 5.38. The molecular weight excluding hydrogens is 286 g/mol. The maximum Gasteiger partial charge on any atom is 0.416 e. The van der Waals surface area contributed by atoms with Crippen molar-refractivity contribution in [1.82, 2.24) is 0 Å². The maximum absolute atomic E-state index is 13.4. The van der Waals surface area contributed by atoms with Crippen molar-refractivity contribution in [2.45, 2.75) is 19.3 Å². The topological polar surface area (TPSA) is 35.2 Å². The third kappa shape index (κ3) is 3.72. The van der Waals surface area contributed by atoms with Gasteiger partial charge in [-0.15, -0.1) is 0 Å². The minimum absolute atomic E-state index is 0.0783. The number of benzene rings is 2. The molecule has 0 aromatic heterocycles. The quantitative estimate of drug-likeness (QED) is 0.870. The molecule has 0 unspecified atom stereocenters. The number of rotatable bonds is 4. The third-order valence-corrected chi connectivity index (χ3v) is 2.95. The molecule has 0 spiro atoms. The van der Waals surface area contributed by atoms with Gasteiger partial charge in [-0.3, -0.25) is 0 Å². The highest BCUT2D eigenvalue weighted by Gasteiger charge is 2.31. The van der Waals surface area contributed by atoms with Crippen LogP contribution >= 0.6 is 0 Å². The van der Waals surface area contributed by atoms with Crippen LogP contribution in [0.2, 0.25) is 0 Å². The van der Waals surface area contributed by atoms with E-state index in [4.69, 9.17) is 10.5 Å². The van der Waals surface area contributed by atoms with Crippen LogP contribution in [0, 0.1) is 5.82 Å². The first-order chi connectivity index (χ1) is 9.91. The Labute approximate surface area is 119 Å². The van der Waals surface area contributed by atoms with Crippen molar-refractivity contribution in [3.63, 3.8) is 0 Å². The Morgan fingerprint density at radius 2 is 1.71 bits per heavy atom. The Morgan fingerprint density at radius 3 is 2.33 bits per heavy atom. The molecule has 0 amide bonds. The Morgan fingerprint density at radius 1 is 1.00 bits per heavy atom. The lowest BCUT2D eigenvalue weighted by Crippen LogP contribution is -2.09. The van der Waals surface area contributed by atoms with Crippen molar-refractivity contribution in [3.8, 4) is 5.75 Å². The van der Waals surface area contributed by atoms with Crippen molar-refractivity contribution in [1.29, 1.82) is 0 Å². The summed E-state index contributed by atoms with van der Waals surface area (Å²) in [6.07, 6.45) is -4.44. The van der Waals surface area contributed by atoms with Crippen molar-refractivity contribution in [2.75, 3.05) is 0 Å². The van der Waals surface area contributed by atoms with E-state index in [0.717, 1.165) is 12.1 Å². The first-order valence-corrected chi connectivity index (χ1v) is 6.18. The van der Waals surface area contributed by atoms with Gasteiger partial charge in [0, 0.05) is 17.7 Å². The predicted octanol–water partition coefficient (Wildman–Crippen LogP) is 3.88. The van der Waals surface area contributed by atoms with Crippen LogP contribution in [0.1, 0.15) is 16.7 Å². The number of hydrogen-bond acceptors (Lipinski definition) is 2. The fraction of sp³-hybridized carbons (Fsp3) is 0.200. The molecule has 21 heavy (non-hydrogen) atoms. The lowest BCUT2D eigenvalue weighted by Gasteiger charge is -2.14. The molecule has 0 atom stereocenters. The van der Waals surface area contributed by atoms with E-state index in [2.05, 4.69) is 0 Å². The summed E-state index contributed by atoms with van der Waals surface area (Å²) >= 11 is 0. The molecule has 0 saturated carbocycles. The molecule has 2 aromatic rings. The van der Waals surface area contributed by atoms with Gasteiger partial charge in [0.15, 0.2) is 0 Å². The summed E-state index contributed by atoms with van der Waals surface area (Å²) < 4.78 is 56.6. The first kappa shape index (κ1) is 15.3. The van der Waals surface area contributed by atoms with Gasteiger partial charge in [-0.2, -0.15) is 13.2 Å². The molecule has 2 nitrogen and oxygen atoms in total. The summed E-state index contributed by atoms with van der Waals surface area (Å²) in [6, 6.07) is 9.08. The largest absolute Gasteiger partial charge is 0.488 e. The van der Waals surface area contributed by atoms with Gasteiger partial charge in [0.25, 0.3) is 0 Å². The second kappa shape index (κ2) is 6.13. The minimum Gasteiger partial charge on any atom is -0.488 e. The van der Waals surface area contributed by atoms with E-state index in [-0.39, 0.29) is 24.5 Å². The average molecular weight is 299 g/mol. The molecule has 0 aliphatic heterocycles. The Hall–Kier alpha value is -2.08. The van der Waals surface area contributed by atoms with Crippen molar-refractivity contribution >= 4 is 0 Å². The van der Waals surface area contributed by atoms with E-state index in [0.29, 0.717) is 5.56 Å². The SMILES string of the molecule is NCc1cc(C(F)(F)F)ccc1OCc1ccccc1F. The van der Waals surface area contributed by atoms with E-state index in [1.807, 2.05) is 0 Å². The number of alkyl halides is 3. The summed E-state index contributed by atoms with van der Waals surface area (Å²) in [6.45, 7) is -0.179. The van der Waals surface area contributed by atoms with Gasteiger partial charge in [0.2, 0.25) is 0 Å². The number of halogens is 4. The van der Waals surface area contributed by atoms with Gasteiger partial charge in [-0.25, -0.2) is 4.39 Å². The molecule has 0 radical (unpaired) electrons. The Kier molecular flexibility index (Phi) is 4.47. The van der Waals surface area contributed by atoms with Crippen LogP contribution in [0.25, 0.3) is 0 Å². The van der Waals surface area contributed by atoms with Crippen molar-refractivity contribution < 1.29 is 22.3 Å². The van der Waals surface area contributed by atoms with E-state index in [1.54, 1.807) is 18.2 Å². The molecule has 0 aliphatic carbocycles. The molecule has 0 fully saturated rings. The van der Waals surface area contributed by atoms with Gasteiger partial charge in [0.1, 0.15) is 18.2 Å². The van der Waals surface area contributed by atoms with E-state index in [1.165, 1.54) is 12.1 Å². The molecule has 0 bridgehead atoms. The van der Waals surface area contributed by atoms with Crippen LogP contribution in [-0.2, 0) is 19.3 Å². The zero-order chi connectivity index (χ0) is 15.5. The van der Waals surface area contributed by atoms with Crippen LogP contribution in [0.4, 0.5) is 17.6 Å². The fourth-order valence-electron chi connectivity index (χ4n) is 1.83. The molecule has 0 aliphatic rings. The Balaban J connectivity index is 2.19. The molecule has 2 aromatic carbocycles. The Bertz CT molecular complexity index is 625. The van der Waals surface area contributed by atoms with Crippen molar-refractivity contribution in [3.05, 3.63) is 65.0 Å². The van der Waals surface area contributed by atoms with Gasteiger partial charge in [-0.05, 0) is 24.3 Å². The lowest BCUT2D eigenvalue weighted by atomic mass is 10.1. The zero-order valence-corrected chi connectivity index (χ0v) is 11.0. The highest BCUT2D eigenvalue weighted by Crippen LogP contribution is 2.32. The monoisotopic (exact) mass is 299 g/mol. The van der Waals surface area contributed by atoms with E-state index in [9.17, 15) is 17.6 Å². The molecule has 2 rings (SSSR count). The second-order valence-corrected chi connectivity index (χ2v) is 4.40. The predicted molar refractivity (Wildman–Crippen MR) is 70.1 cm³/mol. The third-order valence-electron chi connectivity index (χ3n) is 2.95. The lowest BCUT2D eigenvalue weighted by molar-refractivity contribution is -0.137. The molecule has 112 valence electrons. The van der Waals surface area contributed by atoms with Crippen LogP contribution in [0.15, 0.2) is 42.5 Å². The smallest absolute Gasteiger partial charge is 0.416 e. The maximum atomic E-state index is 13.4. The minimum atomic E-state index is -4.44. The van der Waals surface area contributed by atoms with Crippen molar-refractivity contribution in [2.24, 2.45) is 5.73 Å². The van der Waals surface area contributed by atoms with Gasteiger partial charge in [0.05, 0.1) is 5.56 Å². The molecular formula is C15H13F4NO. The first-order valence-electron chi connectivity index (χ1n) is 6.18. The van der Waals surface area contributed by atoms with Gasteiger partial charge >= 0.3 is 6.18 Å². The second-order valence-electron chi connectivity index (χ2n) is 4.40. The summed E-state index contributed by atoms with van der Waals surface area (Å²) in [5.74, 6) is -0.215. The highest BCUT2D eigenvalue weighted by atomic mass is 19.4. The summed E-state index contributed by atoms with van der Waals surface area (Å²) in [4.78, 5) is 0. The zero-order valence-electron chi connectivity index (χ0n) is 11.0. The number of ether oxygens (including phenoxy) is 1. The normalized spacial score (nSPS) is 11.5. The van der Waals surface area contributed by atoms with Gasteiger partial charge < -0.3 is 10.5 Å². The van der Waals surface area contributed by atoms with E-state index >= 15 is 0 Å².